The predicted molar refractivity (Wildman–Crippen MR) is 125 cm³/mol. The molecule has 0 saturated carbocycles. The van der Waals surface area contributed by atoms with E-state index in [2.05, 4.69) is 6.07 Å². The van der Waals surface area contributed by atoms with Crippen molar-refractivity contribution in [2.75, 3.05) is 13.7 Å². The number of nitriles is 1. The van der Waals surface area contributed by atoms with Gasteiger partial charge in [-0.2, -0.15) is 5.26 Å². The van der Waals surface area contributed by atoms with E-state index in [0.29, 0.717) is 33.7 Å². The Morgan fingerprint density at radius 2 is 1.74 bits per heavy atom. The third-order valence-corrected chi connectivity index (χ3v) is 5.14. The summed E-state index contributed by atoms with van der Waals surface area (Å²) in [7, 11) is 1.60. The molecule has 6 heteroatoms. The zero-order chi connectivity index (χ0) is 22.2. The van der Waals surface area contributed by atoms with Crippen LogP contribution in [-0.4, -0.2) is 13.7 Å². The second-order valence-corrected chi connectivity index (χ2v) is 7.36. The van der Waals surface area contributed by atoms with Crippen molar-refractivity contribution in [3.8, 4) is 23.3 Å². The van der Waals surface area contributed by atoms with Gasteiger partial charge in [-0.05, 0) is 66.6 Å². The lowest BCUT2D eigenvalue weighted by Gasteiger charge is -2.15. The largest absolute Gasteiger partial charge is 0.497 e. The fourth-order valence-corrected chi connectivity index (χ4v) is 3.42. The molecule has 0 fully saturated rings. The van der Waals surface area contributed by atoms with Crippen LogP contribution in [-0.2, 0) is 6.61 Å². The van der Waals surface area contributed by atoms with Crippen LogP contribution in [0.1, 0.15) is 23.6 Å². The van der Waals surface area contributed by atoms with Crippen LogP contribution >= 0.6 is 23.2 Å². The monoisotopic (exact) mass is 453 g/mol. The van der Waals surface area contributed by atoms with E-state index in [0.717, 1.165) is 22.4 Å². The third kappa shape index (κ3) is 5.73. The predicted octanol–water partition coefficient (Wildman–Crippen LogP) is 7.04. The van der Waals surface area contributed by atoms with Gasteiger partial charge in [0, 0.05) is 10.6 Å². The molecule has 31 heavy (non-hydrogen) atoms. The Bertz CT molecular complexity index is 1120. The van der Waals surface area contributed by atoms with Gasteiger partial charge in [-0.1, -0.05) is 41.4 Å². The number of methoxy groups -OCH3 is 1. The molecule has 3 rings (SSSR count). The van der Waals surface area contributed by atoms with Crippen molar-refractivity contribution < 1.29 is 14.2 Å². The average molecular weight is 454 g/mol. The summed E-state index contributed by atoms with van der Waals surface area (Å²) in [5, 5.41) is 10.7. The highest BCUT2D eigenvalue weighted by molar-refractivity contribution is 6.32. The molecule has 3 aromatic carbocycles. The lowest BCUT2D eigenvalue weighted by atomic mass is 10.0. The van der Waals surface area contributed by atoms with Gasteiger partial charge in [-0.25, -0.2) is 0 Å². The quantitative estimate of drug-likeness (QED) is 0.271. The molecule has 0 spiro atoms. The highest BCUT2D eigenvalue weighted by Gasteiger charge is 2.14. The van der Waals surface area contributed by atoms with Gasteiger partial charge in [0.25, 0.3) is 0 Å². The van der Waals surface area contributed by atoms with E-state index in [-0.39, 0.29) is 6.61 Å². The molecule has 0 aliphatic carbocycles. The van der Waals surface area contributed by atoms with Crippen molar-refractivity contribution in [3.05, 3.63) is 87.4 Å². The lowest BCUT2D eigenvalue weighted by molar-refractivity contribution is 0.269. The van der Waals surface area contributed by atoms with Crippen molar-refractivity contribution in [3.63, 3.8) is 0 Å². The second kappa shape index (κ2) is 10.8. The van der Waals surface area contributed by atoms with Gasteiger partial charge < -0.3 is 14.2 Å². The summed E-state index contributed by atoms with van der Waals surface area (Å²) in [6, 6.07) is 20.5. The lowest BCUT2D eigenvalue weighted by Crippen LogP contribution is -2.01. The minimum atomic E-state index is 0.254. The number of hydrogen-bond donors (Lipinski definition) is 0. The topological polar surface area (TPSA) is 51.5 Å². The van der Waals surface area contributed by atoms with Crippen molar-refractivity contribution >= 4 is 34.9 Å². The zero-order valence-electron chi connectivity index (χ0n) is 17.2. The maximum Gasteiger partial charge on any atom is 0.180 e. The van der Waals surface area contributed by atoms with Gasteiger partial charge in [-0.3, -0.25) is 0 Å². The molecule has 0 saturated heterocycles. The van der Waals surface area contributed by atoms with Gasteiger partial charge in [0.2, 0.25) is 0 Å². The molecule has 0 unspecified atom stereocenters. The Morgan fingerprint density at radius 1 is 1.00 bits per heavy atom. The molecule has 0 N–H and O–H groups in total. The van der Waals surface area contributed by atoms with Crippen LogP contribution in [0.25, 0.3) is 11.6 Å². The number of nitrogens with zero attached hydrogens (tertiary/aromatic N) is 1. The van der Waals surface area contributed by atoms with Crippen molar-refractivity contribution in [1.82, 2.24) is 0 Å². The van der Waals surface area contributed by atoms with E-state index in [1.807, 2.05) is 55.5 Å². The SMILES string of the molecule is CCOc1cc(/C=C(\C#N)c2ccc(OC)cc2)cc(Cl)c1OCc1ccccc1Cl. The van der Waals surface area contributed by atoms with Crippen LogP contribution in [0.3, 0.4) is 0 Å². The average Bonchev–Trinajstić information content (AvgIpc) is 2.78. The summed E-state index contributed by atoms with van der Waals surface area (Å²) < 4.78 is 16.9. The first-order chi connectivity index (χ1) is 15.0. The molecule has 158 valence electrons. The molecule has 0 aliphatic heterocycles. The highest BCUT2D eigenvalue weighted by Crippen LogP contribution is 2.38. The number of rotatable bonds is 8. The molecule has 0 radical (unpaired) electrons. The van der Waals surface area contributed by atoms with Crippen molar-refractivity contribution in [1.29, 1.82) is 5.26 Å². The molecule has 0 atom stereocenters. The summed E-state index contributed by atoms with van der Waals surface area (Å²) >= 11 is 12.7. The van der Waals surface area contributed by atoms with Gasteiger partial charge >= 0.3 is 0 Å². The van der Waals surface area contributed by atoms with Crippen LogP contribution in [0, 0.1) is 11.3 Å². The van der Waals surface area contributed by atoms with Crippen LogP contribution in [0.15, 0.2) is 60.7 Å². The summed E-state index contributed by atoms with van der Waals surface area (Å²) in [6.07, 6.45) is 1.76. The first-order valence-corrected chi connectivity index (χ1v) is 10.4. The van der Waals surface area contributed by atoms with Gasteiger partial charge in [0.05, 0.1) is 30.4 Å². The number of benzene rings is 3. The Kier molecular flexibility index (Phi) is 7.83. The maximum atomic E-state index is 9.65. The van der Waals surface area contributed by atoms with Crippen LogP contribution in [0.4, 0.5) is 0 Å². The minimum Gasteiger partial charge on any atom is -0.497 e. The molecule has 4 nitrogen and oxygen atoms in total. The zero-order valence-corrected chi connectivity index (χ0v) is 18.7. The highest BCUT2D eigenvalue weighted by atomic mass is 35.5. The van der Waals surface area contributed by atoms with Gasteiger partial charge in [-0.15, -0.1) is 0 Å². The smallest absolute Gasteiger partial charge is 0.180 e. The Balaban J connectivity index is 1.92. The molecular weight excluding hydrogens is 433 g/mol. The number of allylic oxidation sites excluding steroid dienone is 1. The molecule has 0 aliphatic rings. The van der Waals surface area contributed by atoms with Gasteiger partial charge in [0.1, 0.15) is 12.4 Å². The minimum absolute atomic E-state index is 0.254. The number of halogens is 2. The van der Waals surface area contributed by atoms with Crippen LogP contribution < -0.4 is 14.2 Å². The van der Waals surface area contributed by atoms with Crippen molar-refractivity contribution in [2.45, 2.75) is 13.5 Å². The summed E-state index contributed by atoms with van der Waals surface area (Å²) in [5.41, 5.74) is 2.84. The molecule has 0 bridgehead atoms. The van der Waals surface area contributed by atoms with E-state index in [1.54, 1.807) is 25.3 Å². The Hall–Kier alpha value is -3.13. The Morgan fingerprint density at radius 3 is 2.39 bits per heavy atom. The van der Waals surface area contributed by atoms with E-state index in [9.17, 15) is 5.26 Å². The Labute approximate surface area is 192 Å². The number of hydrogen-bond acceptors (Lipinski definition) is 4. The van der Waals surface area contributed by atoms with Crippen LogP contribution in [0.2, 0.25) is 10.0 Å². The maximum absolute atomic E-state index is 9.65. The van der Waals surface area contributed by atoms with Gasteiger partial charge in [0.15, 0.2) is 11.5 Å². The summed E-state index contributed by atoms with van der Waals surface area (Å²) in [6.45, 7) is 2.58. The molecular formula is C25H21Cl2NO3. The fraction of sp³-hybridized carbons (Fsp3) is 0.160. The fourth-order valence-electron chi connectivity index (χ4n) is 2.96. The molecule has 0 heterocycles. The standard InChI is InChI=1S/C25H21Cl2NO3/c1-3-30-24-14-17(12-20(15-28)18-8-10-21(29-2)11-9-18)13-23(27)25(24)31-16-19-6-4-5-7-22(19)26/h4-14H,3,16H2,1-2H3/b20-12+. The van der Waals surface area contributed by atoms with Crippen LogP contribution in [0.5, 0.6) is 17.2 Å². The van der Waals surface area contributed by atoms with E-state index >= 15 is 0 Å². The molecule has 0 amide bonds. The summed E-state index contributed by atoms with van der Waals surface area (Å²) in [5.74, 6) is 1.66. The van der Waals surface area contributed by atoms with E-state index < -0.39 is 0 Å². The first-order valence-electron chi connectivity index (χ1n) is 9.64. The summed E-state index contributed by atoms with van der Waals surface area (Å²) in [4.78, 5) is 0. The molecule has 0 aromatic heterocycles. The normalized spacial score (nSPS) is 11.0. The van der Waals surface area contributed by atoms with Crippen molar-refractivity contribution in [2.24, 2.45) is 0 Å². The van der Waals surface area contributed by atoms with E-state index in [1.165, 1.54) is 0 Å². The van der Waals surface area contributed by atoms with E-state index in [4.69, 9.17) is 37.4 Å². The first kappa shape index (κ1) is 22.6. The third-order valence-electron chi connectivity index (χ3n) is 4.49. The number of ether oxygens (including phenoxy) is 3. The second-order valence-electron chi connectivity index (χ2n) is 6.54. The molecule has 3 aromatic rings.